The highest BCUT2D eigenvalue weighted by Gasteiger charge is 2.36. The lowest BCUT2D eigenvalue weighted by atomic mass is 9.94. The molecule has 2 nitrogen and oxygen atoms in total. The summed E-state index contributed by atoms with van der Waals surface area (Å²) in [4.78, 5) is 4.32. The second-order valence-corrected chi connectivity index (χ2v) is 7.10. The molecule has 1 aliphatic carbocycles. The minimum Gasteiger partial charge on any atom is -0.474 e. The number of rotatable bonds is 2. The van der Waals surface area contributed by atoms with Crippen LogP contribution in [0.1, 0.15) is 24.8 Å². The molecule has 1 aromatic heterocycles. The first kappa shape index (κ1) is 14.4. The van der Waals surface area contributed by atoms with Gasteiger partial charge in [-0.05, 0) is 54.6 Å². The number of pyridine rings is 1. The largest absolute Gasteiger partial charge is 0.474 e. The van der Waals surface area contributed by atoms with Gasteiger partial charge in [-0.1, -0.05) is 23.7 Å². The molecule has 4 rings (SSSR count). The van der Waals surface area contributed by atoms with Gasteiger partial charge in [-0.15, -0.1) is 9.24 Å². The Balaban J connectivity index is 1.80. The number of ether oxygens (including phenoxy) is 1. The van der Waals surface area contributed by atoms with Crippen LogP contribution < -0.4 is 10.0 Å². The summed E-state index contributed by atoms with van der Waals surface area (Å²) in [6, 6.07) is 6.91. The molecule has 2 atom stereocenters. The first-order chi connectivity index (χ1) is 10.6. The van der Waals surface area contributed by atoms with Crippen LogP contribution in [0.3, 0.4) is 0 Å². The van der Waals surface area contributed by atoms with Gasteiger partial charge >= 0.3 is 0 Å². The zero-order valence-electron chi connectivity index (χ0n) is 12.0. The molecule has 0 spiro atoms. The predicted octanol–water partition coefficient (Wildman–Crippen LogP) is 4.15. The molecule has 0 N–H and O–H groups in total. The van der Waals surface area contributed by atoms with Gasteiger partial charge in [0.25, 0.3) is 0 Å². The second-order valence-electron chi connectivity index (χ2n) is 6.05. The van der Waals surface area contributed by atoms with Crippen LogP contribution in [0.4, 0.5) is 4.39 Å². The van der Waals surface area contributed by atoms with E-state index in [9.17, 15) is 4.39 Å². The van der Waals surface area contributed by atoms with Crippen molar-refractivity contribution in [3.05, 3.63) is 40.8 Å². The Labute approximate surface area is 136 Å². The minimum absolute atomic E-state index is 0.241. The van der Waals surface area contributed by atoms with Gasteiger partial charge in [-0.25, -0.2) is 9.37 Å². The average molecular weight is 336 g/mol. The van der Waals surface area contributed by atoms with Crippen LogP contribution in [0.5, 0.6) is 5.88 Å². The molecular weight excluding hydrogens is 320 g/mol. The van der Waals surface area contributed by atoms with E-state index in [0.29, 0.717) is 22.5 Å². The van der Waals surface area contributed by atoms with Gasteiger partial charge in [0.1, 0.15) is 17.1 Å². The van der Waals surface area contributed by atoms with Crippen LogP contribution in [0.15, 0.2) is 24.3 Å². The lowest BCUT2D eigenvalue weighted by Gasteiger charge is -2.27. The summed E-state index contributed by atoms with van der Waals surface area (Å²) in [7, 11) is 2.50. The average Bonchev–Trinajstić information content (AvgIpc) is 3.30. The number of benzene rings is 1. The summed E-state index contributed by atoms with van der Waals surface area (Å²) in [5.41, 5.74) is 2.32. The number of aromatic nitrogens is 1. The highest BCUT2D eigenvalue weighted by molar-refractivity contribution is 7.27. The zero-order valence-corrected chi connectivity index (χ0v) is 13.9. The van der Waals surface area contributed by atoms with Crippen molar-refractivity contribution in [3.63, 3.8) is 0 Å². The second kappa shape index (κ2) is 5.47. The number of hydrogen-bond donors (Lipinski definition) is 0. The van der Waals surface area contributed by atoms with Crippen molar-refractivity contribution in [2.24, 2.45) is 5.92 Å². The molecule has 0 bridgehead atoms. The lowest BCUT2D eigenvalue weighted by molar-refractivity contribution is 0.144. The maximum atomic E-state index is 14.3. The third-order valence-corrected chi connectivity index (χ3v) is 4.98. The van der Waals surface area contributed by atoms with Crippen LogP contribution in [0, 0.1) is 11.7 Å². The standard InChI is InChI=1S/C17H16ClFNOP/c18-16-8-13(11-4-3-10(22)7-14(11)19)12-5-6-15(9-1-2-9)21-17(12)20-16/h3-4,7-9,15H,1-2,5-6,22H2. The zero-order chi connectivity index (χ0) is 15.3. The maximum absolute atomic E-state index is 14.3. The van der Waals surface area contributed by atoms with Crippen LogP contribution >= 0.6 is 20.8 Å². The molecule has 2 aromatic rings. The Kier molecular flexibility index (Phi) is 3.58. The first-order valence-corrected chi connectivity index (χ1v) is 8.49. The van der Waals surface area contributed by atoms with Crippen molar-refractivity contribution in [2.45, 2.75) is 31.8 Å². The van der Waals surface area contributed by atoms with E-state index in [1.165, 1.54) is 18.9 Å². The van der Waals surface area contributed by atoms with Gasteiger partial charge in [0.15, 0.2) is 0 Å². The Morgan fingerprint density at radius 3 is 2.73 bits per heavy atom. The van der Waals surface area contributed by atoms with Crippen LogP contribution in [-0.4, -0.2) is 11.1 Å². The smallest absolute Gasteiger partial charge is 0.218 e. The normalized spacial score (nSPS) is 20.4. The molecule has 1 saturated carbocycles. The molecule has 22 heavy (non-hydrogen) atoms. The predicted molar refractivity (Wildman–Crippen MR) is 89.4 cm³/mol. The molecule has 0 saturated heterocycles. The van der Waals surface area contributed by atoms with E-state index in [0.717, 1.165) is 29.3 Å². The summed E-state index contributed by atoms with van der Waals surface area (Å²) in [6.07, 6.45) is 4.54. The minimum atomic E-state index is -0.249. The molecule has 2 heterocycles. The summed E-state index contributed by atoms with van der Waals surface area (Å²) in [6.45, 7) is 0. The Morgan fingerprint density at radius 1 is 1.18 bits per heavy atom. The summed E-state index contributed by atoms with van der Waals surface area (Å²) in [5.74, 6) is 0.992. The van der Waals surface area contributed by atoms with Crippen LogP contribution in [0.25, 0.3) is 11.1 Å². The molecule has 2 aliphatic rings. The van der Waals surface area contributed by atoms with Gasteiger partial charge in [0, 0.05) is 11.1 Å². The van der Waals surface area contributed by atoms with E-state index < -0.39 is 0 Å². The fraction of sp³-hybridized carbons (Fsp3) is 0.353. The molecule has 1 fully saturated rings. The van der Waals surface area contributed by atoms with Crippen molar-refractivity contribution in [1.29, 1.82) is 0 Å². The third-order valence-electron chi connectivity index (χ3n) is 4.43. The number of halogens is 2. The highest BCUT2D eigenvalue weighted by Crippen LogP contribution is 2.43. The Hall–Kier alpha value is -1.18. The monoisotopic (exact) mass is 335 g/mol. The van der Waals surface area contributed by atoms with E-state index in [1.54, 1.807) is 12.1 Å². The fourth-order valence-corrected chi connectivity index (χ4v) is 3.56. The third kappa shape index (κ3) is 2.61. The Morgan fingerprint density at radius 2 is 2.00 bits per heavy atom. The van der Waals surface area contributed by atoms with Gasteiger partial charge in [0.05, 0.1) is 0 Å². The van der Waals surface area contributed by atoms with Gasteiger partial charge in [-0.3, -0.25) is 0 Å². The molecule has 5 heteroatoms. The van der Waals surface area contributed by atoms with Crippen molar-refractivity contribution >= 4 is 26.1 Å². The van der Waals surface area contributed by atoms with E-state index in [2.05, 4.69) is 14.2 Å². The van der Waals surface area contributed by atoms with Gasteiger partial charge in [-0.2, -0.15) is 0 Å². The van der Waals surface area contributed by atoms with Crippen LogP contribution in [-0.2, 0) is 6.42 Å². The molecule has 0 radical (unpaired) electrons. The van der Waals surface area contributed by atoms with Crippen LogP contribution in [0.2, 0.25) is 5.15 Å². The Bertz CT molecular complexity index is 748. The topological polar surface area (TPSA) is 22.1 Å². The van der Waals surface area contributed by atoms with E-state index in [4.69, 9.17) is 16.3 Å². The van der Waals surface area contributed by atoms with Gasteiger partial charge < -0.3 is 4.74 Å². The van der Waals surface area contributed by atoms with Gasteiger partial charge in [0.2, 0.25) is 5.88 Å². The van der Waals surface area contributed by atoms with Crippen molar-refractivity contribution < 1.29 is 9.13 Å². The number of hydrogen-bond acceptors (Lipinski definition) is 2. The first-order valence-electron chi connectivity index (χ1n) is 7.53. The van der Waals surface area contributed by atoms with Crippen molar-refractivity contribution in [1.82, 2.24) is 4.98 Å². The molecule has 1 aromatic carbocycles. The summed E-state index contributed by atoms with van der Waals surface area (Å²) in [5, 5.41) is 1.17. The van der Waals surface area contributed by atoms with E-state index in [1.807, 2.05) is 6.07 Å². The fourth-order valence-electron chi connectivity index (χ4n) is 3.14. The molecule has 114 valence electrons. The molecule has 1 aliphatic heterocycles. The van der Waals surface area contributed by atoms with Crippen molar-refractivity contribution in [2.75, 3.05) is 0 Å². The number of nitrogens with zero attached hydrogens (tertiary/aromatic N) is 1. The molecule has 0 amide bonds. The number of fused-ring (bicyclic) bond motifs is 1. The summed E-state index contributed by atoms with van der Waals surface area (Å²) < 4.78 is 20.4. The van der Waals surface area contributed by atoms with E-state index in [-0.39, 0.29) is 11.9 Å². The highest BCUT2D eigenvalue weighted by atomic mass is 35.5. The molecular formula is C17H16ClFNOP. The SMILES string of the molecule is Fc1cc(P)ccc1-c1cc(Cl)nc2c1CCC(C1CC1)O2. The molecule has 2 unspecified atom stereocenters. The van der Waals surface area contributed by atoms with E-state index >= 15 is 0 Å². The summed E-state index contributed by atoms with van der Waals surface area (Å²) >= 11 is 6.14. The van der Waals surface area contributed by atoms with Crippen molar-refractivity contribution in [3.8, 4) is 17.0 Å². The lowest BCUT2D eigenvalue weighted by Crippen LogP contribution is -2.25. The quantitative estimate of drug-likeness (QED) is 0.607. The maximum Gasteiger partial charge on any atom is 0.218 e.